The van der Waals surface area contributed by atoms with E-state index in [0.717, 1.165) is 0 Å². The molecule has 4 nitrogen and oxygen atoms in total. The molecule has 4 atom stereocenters. The van der Waals surface area contributed by atoms with Crippen molar-refractivity contribution in [3.05, 3.63) is 12.2 Å². The SMILES string of the molecule is O=C1C(=O)C2C3C=CC(O3)C2C1=O. The number of hydrogen-bond acceptors (Lipinski definition) is 4. The van der Waals surface area contributed by atoms with Gasteiger partial charge < -0.3 is 4.74 Å². The molecule has 0 N–H and O–H groups in total. The summed E-state index contributed by atoms with van der Waals surface area (Å²) >= 11 is 0. The molecular weight excluding hydrogens is 172 g/mol. The number of rotatable bonds is 0. The molecule has 3 rings (SSSR count). The number of ether oxygens (including phenoxy) is 1. The van der Waals surface area contributed by atoms with E-state index in [1.807, 2.05) is 0 Å². The standard InChI is InChI=1S/C9H6O4/c10-7-5-3-1-2-4(13-3)6(5)8(11)9(7)12/h1-6H. The number of carbonyl (C=O) groups excluding carboxylic acids is 3. The number of ketones is 3. The van der Waals surface area contributed by atoms with Crippen LogP contribution in [0, 0.1) is 11.8 Å². The van der Waals surface area contributed by atoms with Crippen molar-refractivity contribution < 1.29 is 19.1 Å². The zero-order chi connectivity index (χ0) is 9.16. The fourth-order valence-electron chi connectivity index (χ4n) is 2.36. The largest absolute Gasteiger partial charge is 0.365 e. The Kier molecular flexibility index (Phi) is 1.08. The van der Waals surface area contributed by atoms with Gasteiger partial charge in [0.2, 0.25) is 11.6 Å². The minimum atomic E-state index is -0.836. The van der Waals surface area contributed by atoms with Crippen LogP contribution in [0.2, 0.25) is 0 Å². The predicted octanol–water partition coefficient (Wildman–Crippen LogP) is -0.723. The van der Waals surface area contributed by atoms with Crippen LogP contribution in [-0.2, 0) is 19.1 Å². The highest BCUT2D eigenvalue weighted by atomic mass is 16.5. The molecule has 4 heteroatoms. The highest BCUT2D eigenvalue weighted by molar-refractivity contribution is 6.68. The topological polar surface area (TPSA) is 60.4 Å². The van der Waals surface area contributed by atoms with Crippen LogP contribution in [0.5, 0.6) is 0 Å². The second kappa shape index (κ2) is 1.96. The third-order valence-corrected chi connectivity index (χ3v) is 2.95. The maximum atomic E-state index is 11.3. The summed E-state index contributed by atoms with van der Waals surface area (Å²) in [5.41, 5.74) is 0. The van der Waals surface area contributed by atoms with Crippen LogP contribution in [0.15, 0.2) is 12.2 Å². The zero-order valence-electron chi connectivity index (χ0n) is 6.60. The third kappa shape index (κ3) is 0.637. The number of hydrogen-bond donors (Lipinski definition) is 0. The molecule has 0 amide bonds. The Bertz CT molecular complexity index is 336. The van der Waals surface area contributed by atoms with Gasteiger partial charge in [-0.15, -0.1) is 0 Å². The van der Waals surface area contributed by atoms with Crippen LogP contribution in [0.25, 0.3) is 0 Å². The van der Waals surface area contributed by atoms with E-state index in [1.54, 1.807) is 12.2 Å². The average molecular weight is 178 g/mol. The lowest BCUT2D eigenvalue weighted by Crippen LogP contribution is -2.26. The molecule has 2 aliphatic heterocycles. The van der Waals surface area contributed by atoms with Crippen LogP contribution in [0.3, 0.4) is 0 Å². The van der Waals surface area contributed by atoms with Crippen molar-refractivity contribution >= 4 is 17.3 Å². The third-order valence-electron chi connectivity index (χ3n) is 2.95. The minimum absolute atomic E-state index is 0.335. The van der Waals surface area contributed by atoms with Gasteiger partial charge >= 0.3 is 0 Å². The fourth-order valence-corrected chi connectivity index (χ4v) is 2.36. The van der Waals surface area contributed by atoms with Gasteiger partial charge in [-0.1, -0.05) is 12.2 Å². The Morgan fingerprint density at radius 1 is 0.923 bits per heavy atom. The van der Waals surface area contributed by atoms with Crippen molar-refractivity contribution in [2.24, 2.45) is 11.8 Å². The van der Waals surface area contributed by atoms with Crippen LogP contribution >= 0.6 is 0 Å². The maximum absolute atomic E-state index is 11.3. The molecule has 2 bridgehead atoms. The number of Topliss-reactive ketones (excluding diaryl/α,β-unsaturated/α-hetero) is 3. The van der Waals surface area contributed by atoms with E-state index in [9.17, 15) is 14.4 Å². The van der Waals surface area contributed by atoms with E-state index < -0.39 is 29.2 Å². The molecule has 13 heavy (non-hydrogen) atoms. The Morgan fingerprint density at radius 3 is 1.85 bits per heavy atom. The van der Waals surface area contributed by atoms with E-state index in [-0.39, 0.29) is 12.2 Å². The quantitative estimate of drug-likeness (QED) is 0.362. The molecule has 0 radical (unpaired) electrons. The summed E-state index contributed by atoms with van der Waals surface area (Å²) in [4.78, 5) is 33.7. The van der Waals surface area contributed by atoms with Crippen LogP contribution in [0.1, 0.15) is 0 Å². The highest BCUT2D eigenvalue weighted by Gasteiger charge is 2.61. The molecule has 0 aromatic carbocycles. The highest BCUT2D eigenvalue weighted by Crippen LogP contribution is 2.43. The Hall–Kier alpha value is -1.29. The molecular formula is C9H6O4. The molecule has 0 spiro atoms. The zero-order valence-corrected chi connectivity index (χ0v) is 6.60. The van der Waals surface area contributed by atoms with Crippen LogP contribution in [-0.4, -0.2) is 29.6 Å². The van der Waals surface area contributed by atoms with Crippen molar-refractivity contribution in [2.45, 2.75) is 12.2 Å². The molecule has 1 saturated heterocycles. The molecule has 2 heterocycles. The molecule has 4 unspecified atom stereocenters. The predicted molar refractivity (Wildman–Crippen MR) is 39.8 cm³/mol. The molecule has 1 saturated carbocycles. The lowest BCUT2D eigenvalue weighted by atomic mass is 9.85. The van der Waals surface area contributed by atoms with E-state index in [0.29, 0.717) is 0 Å². The van der Waals surface area contributed by atoms with Gasteiger partial charge in [0.05, 0.1) is 24.0 Å². The van der Waals surface area contributed by atoms with Gasteiger partial charge in [0.15, 0.2) is 0 Å². The van der Waals surface area contributed by atoms with Crippen LogP contribution in [0.4, 0.5) is 0 Å². The molecule has 1 aliphatic carbocycles. The summed E-state index contributed by atoms with van der Waals surface area (Å²) in [7, 11) is 0. The van der Waals surface area contributed by atoms with E-state index in [4.69, 9.17) is 4.74 Å². The normalized spacial score (nSPS) is 46.3. The molecule has 66 valence electrons. The lowest BCUT2D eigenvalue weighted by molar-refractivity contribution is -0.142. The van der Waals surface area contributed by atoms with E-state index in [1.165, 1.54) is 0 Å². The first-order chi connectivity index (χ1) is 6.20. The van der Waals surface area contributed by atoms with Crippen LogP contribution < -0.4 is 0 Å². The van der Waals surface area contributed by atoms with Gasteiger partial charge in [-0.3, -0.25) is 14.4 Å². The Labute approximate surface area is 73.5 Å². The first-order valence-electron chi connectivity index (χ1n) is 4.16. The molecule has 0 aromatic heterocycles. The summed E-state index contributed by atoms with van der Waals surface area (Å²) in [6, 6.07) is 0. The minimum Gasteiger partial charge on any atom is -0.365 e. The lowest BCUT2D eigenvalue weighted by Gasteiger charge is -2.11. The second-order valence-electron chi connectivity index (χ2n) is 3.56. The number of carbonyl (C=O) groups is 3. The number of fused-ring (bicyclic) bond motifs is 5. The van der Waals surface area contributed by atoms with Crippen molar-refractivity contribution in [2.75, 3.05) is 0 Å². The average Bonchev–Trinajstić information content (AvgIpc) is 2.76. The second-order valence-corrected chi connectivity index (χ2v) is 3.56. The van der Waals surface area contributed by atoms with Crippen molar-refractivity contribution in [3.8, 4) is 0 Å². The smallest absolute Gasteiger partial charge is 0.264 e. The van der Waals surface area contributed by atoms with Crippen molar-refractivity contribution in [3.63, 3.8) is 0 Å². The van der Waals surface area contributed by atoms with Crippen molar-refractivity contribution in [1.82, 2.24) is 0 Å². The van der Waals surface area contributed by atoms with Gasteiger partial charge in [0.25, 0.3) is 5.78 Å². The fraction of sp³-hybridized carbons (Fsp3) is 0.444. The maximum Gasteiger partial charge on any atom is 0.264 e. The van der Waals surface area contributed by atoms with Gasteiger partial charge in [-0.2, -0.15) is 0 Å². The monoisotopic (exact) mass is 178 g/mol. The van der Waals surface area contributed by atoms with Gasteiger partial charge in [-0.05, 0) is 0 Å². The first kappa shape index (κ1) is 7.15. The summed E-state index contributed by atoms with van der Waals surface area (Å²) in [5.74, 6) is -3.00. The molecule has 3 aliphatic rings. The van der Waals surface area contributed by atoms with Gasteiger partial charge in [-0.25, -0.2) is 0 Å². The Morgan fingerprint density at radius 2 is 1.38 bits per heavy atom. The van der Waals surface area contributed by atoms with Crippen molar-refractivity contribution in [1.29, 1.82) is 0 Å². The molecule has 2 fully saturated rings. The summed E-state index contributed by atoms with van der Waals surface area (Å²) in [5, 5.41) is 0. The van der Waals surface area contributed by atoms with Gasteiger partial charge in [0, 0.05) is 0 Å². The summed E-state index contributed by atoms with van der Waals surface area (Å²) in [6.07, 6.45) is 2.85. The summed E-state index contributed by atoms with van der Waals surface area (Å²) < 4.78 is 5.32. The first-order valence-corrected chi connectivity index (χ1v) is 4.16. The Balaban J connectivity index is 2.13. The molecule has 0 aromatic rings. The van der Waals surface area contributed by atoms with E-state index >= 15 is 0 Å². The summed E-state index contributed by atoms with van der Waals surface area (Å²) in [6.45, 7) is 0. The van der Waals surface area contributed by atoms with Gasteiger partial charge in [0.1, 0.15) is 0 Å². The van der Waals surface area contributed by atoms with E-state index in [2.05, 4.69) is 0 Å².